The van der Waals surface area contributed by atoms with Gasteiger partial charge in [-0.05, 0) is 72.8 Å². The molecule has 1 saturated heterocycles. The molecule has 0 radical (unpaired) electrons. The summed E-state index contributed by atoms with van der Waals surface area (Å²) in [5.41, 5.74) is 2.16. The number of rotatable bonds is 4. The summed E-state index contributed by atoms with van der Waals surface area (Å²) in [5, 5.41) is 3.65. The summed E-state index contributed by atoms with van der Waals surface area (Å²) >= 11 is 3.27. The van der Waals surface area contributed by atoms with Crippen LogP contribution in [0.5, 0.6) is 0 Å². The summed E-state index contributed by atoms with van der Waals surface area (Å²) in [7, 11) is 0. The summed E-state index contributed by atoms with van der Waals surface area (Å²) in [6.45, 7) is 10.9. The van der Waals surface area contributed by atoms with Gasteiger partial charge in [0.1, 0.15) is 5.82 Å². The molecule has 0 bridgehead atoms. The van der Waals surface area contributed by atoms with Crippen molar-refractivity contribution in [3.63, 3.8) is 0 Å². The number of hydrogen-bond donors (Lipinski definition) is 1. The molecule has 1 aromatic rings. The lowest BCUT2D eigenvalue weighted by Crippen LogP contribution is -2.53. The van der Waals surface area contributed by atoms with Crippen LogP contribution in [0, 0.1) is 18.7 Å². The highest BCUT2D eigenvalue weighted by atomic mass is 79.9. The van der Waals surface area contributed by atoms with Crippen molar-refractivity contribution in [3.8, 4) is 0 Å². The molecule has 3 unspecified atom stereocenters. The molecule has 21 heavy (non-hydrogen) atoms. The largest absolute Gasteiger partial charge is 0.368 e. The number of nitrogens with one attached hydrogen (secondary N) is 1. The minimum atomic E-state index is -0.179. The number of aryl methyl sites for hydroxylation is 1. The molecular formula is C17H26BrFN2. The molecule has 0 amide bonds. The molecule has 1 fully saturated rings. The van der Waals surface area contributed by atoms with Crippen LogP contribution in [0.25, 0.3) is 0 Å². The molecule has 1 aromatic carbocycles. The van der Waals surface area contributed by atoms with Gasteiger partial charge in [0, 0.05) is 24.3 Å². The lowest BCUT2D eigenvalue weighted by atomic mass is 9.86. The van der Waals surface area contributed by atoms with Crippen LogP contribution in [0.15, 0.2) is 16.6 Å². The molecule has 118 valence electrons. The maximum atomic E-state index is 13.9. The summed E-state index contributed by atoms with van der Waals surface area (Å²) in [5.74, 6) is 0.373. The first-order valence-corrected chi connectivity index (χ1v) is 8.70. The van der Waals surface area contributed by atoms with Gasteiger partial charge >= 0.3 is 0 Å². The summed E-state index contributed by atoms with van der Waals surface area (Å²) in [4.78, 5) is 2.36. The van der Waals surface area contributed by atoms with Crippen LogP contribution >= 0.6 is 15.9 Å². The Bertz CT molecular complexity index is 492. The molecule has 4 heteroatoms. The monoisotopic (exact) mass is 356 g/mol. The number of benzene rings is 1. The highest BCUT2D eigenvalue weighted by Gasteiger charge is 2.32. The molecule has 0 aromatic heterocycles. The van der Waals surface area contributed by atoms with Crippen LogP contribution < -0.4 is 10.2 Å². The van der Waals surface area contributed by atoms with E-state index in [1.54, 1.807) is 6.07 Å². The summed E-state index contributed by atoms with van der Waals surface area (Å²) in [6, 6.07) is 4.52. The van der Waals surface area contributed by atoms with Gasteiger partial charge in [-0.15, -0.1) is 0 Å². The van der Waals surface area contributed by atoms with Crippen molar-refractivity contribution in [2.24, 2.45) is 5.92 Å². The topological polar surface area (TPSA) is 15.3 Å². The molecular weight excluding hydrogens is 331 g/mol. The van der Waals surface area contributed by atoms with Crippen molar-refractivity contribution in [1.29, 1.82) is 0 Å². The number of nitrogens with zero attached hydrogens (tertiary/aromatic N) is 1. The summed E-state index contributed by atoms with van der Waals surface area (Å²) in [6.07, 6.45) is 2.28. The zero-order valence-electron chi connectivity index (χ0n) is 13.4. The van der Waals surface area contributed by atoms with E-state index in [-0.39, 0.29) is 5.82 Å². The quantitative estimate of drug-likeness (QED) is 0.854. The van der Waals surface area contributed by atoms with Gasteiger partial charge < -0.3 is 10.2 Å². The van der Waals surface area contributed by atoms with Crippen molar-refractivity contribution in [2.45, 2.75) is 52.6 Å². The van der Waals surface area contributed by atoms with Gasteiger partial charge in [-0.1, -0.05) is 13.8 Å². The third kappa shape index (κ3) is 3.59. The van der Waals surface area contributed by atoms with E-state index in [1.165, 1.54) is 6.42 Å². The van der Waals surface area contributed by atoms with Gasteiger partial charge in [-0.25, -0.2) is 4.39 Å². The van der Waals surface area contributed by atoms with E-state index in [0.717, 1.165) is 30.8 Å². The average molecular weight is 357 g/mol. The zero-order chi connectivity index (χ0) is 15.6. The van der Waals surface area contributed by atoms with Gasteiger partial charge in [0.2, 0.25) is 0 Å². The highest BCUT2D eigenvalue weighted by molar-refractivity contribution is 9.10. The average Bonchev–Trinajstić information content (AvgIpc) is 2.45. The van der Waals surface area contributed by atoms with Crippen molar-refractivity contribution >= 4 is 21.6 Å². The van der Waals surface area contributed by atoms with Crippen LogP contribution in [-0.4, -0.2) is 25.2 Å². The molecule has 3 atom stereocenters. The van der Waals surface area contributed by atoms with Crippen molar-refractivity contribution < 1.29 is 4.39 Å². The van der Waals surface area contributed by atoms with Crippen LogP contribution in [0.2, 0.25) is 0 Å². The predicted octanol–water partition coefficient (Wildman–Crippen LogP) is 4.50. The Morgan fingerprint density at radius 1 is 1.38 bits per heavy atom. The fraction of sp³-hybridized carbons (Fsp3) is 0.647. The standard InChI is InChI=1S/C17H26BrFN2/c1-5-7-20-16-6-8-21(13(4)12(16)3)17-10-15(19)14(18)9-11(17)2/h9-10,12-13,16,20H,5-8H2,1-4H3. The minimum absolute atomic E-state index is 0.179. The van der Waals surface area contributed by atoms with E-state index in [4.69, 9.17) is 0 Å². The first-order chi connectivity index (χ1) is 9.95. The van der Waals surface area contributed by atoms with Crippen LogP contribution in [0.1, 0.15) is 39.2 Å². The van der Waals surface area contributed by atoms with E-state index in [1.807, 2.05) is 6.07 Å². The van der Waals surface area contributed by atoms with E-state index < -0.39 is 0 Å². The van der Waals surface area contributed by atoms with E-state index in [9.17, 15) is 4.39 Å². The normalized spacial score (nSPS) is 26.2. The van der Waals surface area contributed by atoms with Gasteiger partial charge in [0.15, 0.2) is 0 Å². The first-order valence-electron chi connectivity index (χ1n) is 7.91. The number of halogens is 2. The Hall–Kier alpha value is -0.610. The molecule has 0 saturated carbocycles. The Morgan fingerprint density at radius 3 is 2.76 bits per heavy atom. The van der Waals surface area contributed by atoms with Crippen LogP contribution in [0.4, 0.5) is 10.1 Å². The molecule has 1 aliphatic rings. The number of anilines is 1. The maximum Gasteiger partial charge on any atom is 0.139 e. The van der Waals surface area contributed by atoms with Crippen molar-refractivity contribution in [3.05, 3.63) is 28.0 Å². The minimum Gasteiger partial charge on any atom is -0.368 e. The molecule has 1 N–H and O–H groups in total. The molecule has 0 spiro atoms. The molecule has 2 rings (SSSR count). The second-order valence-electron chi connectivity index (χ2n) is 6.20. The Balaban J connectivity index is 2.17. The third-order valence-electron chi connectivity index (χ3n) is 4.77. The third-order valence-corrected chi connectivity index (χ3v) is 5.38. The highest BCUT2D eigenvalue weighted by Crippen LogP contribution is 2.33. The lowest BCUT2D eigenvalue weighted by Gasteiger charge is -2.45. The molecule has 1 aliphatic heterocycles. The van der Waals surface area contributed by atoms with Crippen molar-refractivity contribution in [1.82, 2.24) is 5.32 Å². The van der Waals surface area contributed by atoms with Crippen molar-refractivity contribution in [2.75, 3.05) is 18.0 Å². The Labute approximate surface area is 136 Å². The molecule has 0 aliphatic carbocycles. The van der Waals surface area contributed by atoms with Crippen LogP contribution in [-0.2, 0) is 0 Å². The van der Waals surface area contributed by atoms with E-state index >= 15 is 0 Å². The first kappa shape index (κ1) is 16.8. The van der Waals surface area contributed by atoms with E-state index in [2.05, 4.69) is 53.8 Å². The lowest BCUT2D eigenvalue weighted by molar-refractivity contribution is 0.271. The molecule has 2 nitrogen and oxygen atoms in total. The second kappa shape index (κ2) is 7.10. The van der Waals surface area contributed by atoms with Gasteiger partial charge in [0.25, 0.3) is 0 Å². The fourth-order valence-electron chi connectivity index (χ4n) is 3.27. The predicted molar refractivity (Wildman–Crippen MR) is 91.5 cm³/mol. The smallest absolute Gasteiger partial charge is 0.139 e. The fourth-order valence-corrected chi connectivity index (χ4v) is 3.73. The van der Waals surface area contributed by atoms with Crippen LogP contribution in [0.3, 0.4) is 0 Å². The number of piperidine rings is 1. The Kier molecular flexibility index (Phi) is 5.67. The van der Waals surface area contributed by atoms with Gasteiger partial charge in [0.05, 0.1) is 4.47 Å². The zero-order valence-corrected chi connectivity index (χ0v) is 15.0. The Morgan fingerprint density at radius 2 is 2.10 bits per heavy atom. The number of hydrogen-bond acceptors (Lipinski definition) is 2. The summed E-state index contributed by atoms with van der Waals surface area (Å²) < 4.78 is 14.4. The SMILES string of the molecule is CCCNC1CCN(c2cc(F)c(Br)cc2C)C(C)C1C. The van der Waals surface area contributed by atoms with Gasteiger partial charge in [-0.3, -0.25) is 0 Å². The second-order valence-corrected chi connectivity index (χ2v) is 7.05. The van der Waals surface area contributed by atoms with Gasteiger partial charge in [-0.2, -0.15) is 0 Å². The molecule has 1 heterocycles. The maximum absolute atomic E-state index is 13.9. The van der Waals surface area contributed by atoms with E-state index in [0.29, 0.717) is 22.5 Å².